The molecule has 2 aromatic carbocycles. The number of hydrogen-bond donors (Lipinski definition) is 1. The van der Waals surface area contributed by atoms with Gasteiger partial charge in [-0.25, -0.2) is 0 Å². The maximum atomic E-state index is 12.4. The SMILES string of the molecule is C=CCOc1c(CC=C)cc(/C=C(\C#N)C(=O)NCc2ccccc2)cc1OC. The maximum Gasteiger partial charge on any atom is 0.262 e. The number of nitrogens with one attached hydrogen (secondary N) is 1. The van der Waals surface area contributed by atoms with Crippen molar-refractivity contribution in [2.45, 2.75) is 13.0 Å². The zero-order chi connectivity index (χ0) is 21.1. The predicted octanol–water partition coefficient (Wildman–Crippen LogP) is 4.21. The van der Waals surface area contributed by atoms with E-state index in [1.165, 1.54) is 6.08 Å². The van der Waals surface area contributed by atoms with Crippen LogP contribution in [0, 0.1) is 11.3 Å². The number of amides is 1. The summed E-state index contributed by atoms with van der Waals surface area (Å²) in [6.07, 6.45) is 5.48. The molecule has 0 aliphatic heterocycles. The summed E-state index contributed by atoms with van der Waals surface area (Å²) in [7, 11) is 1.54. The van der Waals surface area contributed by atoms with Crippen LogP contribution < -0.4 is 14.8 Å². The van der Waals surface area contributed by atoms with Gasteiger partial charge in [-0.05, 0) is 35.8 Å². The zero-order valence-electron chi connectivity index (χ0n) is 16.5. The molecule has 5 heteroatoms. The number of ether oxygens (including phenoxy) is 2. The molecule has 0 radical (unpaired) electrons. The maximum absolute atomic E-state index is 12.4. The summed E-state index contributed by atoms with van der Waals surface area (Å²) >= 11 is 0. The summed E-state index contributed by atoms with van der Waals surface area (Å²) in [4.78, 5) is 12.4. The van der Waals surface area contributed by atoms with Gasteiger partial charge in [-0.2, -0.15) is 5.26 Å². The third kappa shape index (κ3) is 6.12. The van der Waals surface area contributed by atoms with Gasteiger partial charge in [-0.15, -0.1) is 6.58 Å². The monoisotopic (exact) mass is 388 g/mol. The molecule has 148 valence electrons. The number of methoxy groups -OCH3 is 1. The van der Waals surface area contributed by atoms with Crippen LogP contribution in [0.5, 0.6) is 11.5 Å². The molecule has 0 aliphatic carbocycles. The Bertz CT molecular complexity index is 941. The lowest BCUT2D eigenvalue weighted by molar-refractivity contribution is -0.117. The molecule has 0 aromatic heterocycles. The van der Waals surface area contributed by atoms with E-state index in [4.69, 9.17) is 9.47 Å². The number of rotatable bonds is 10. The Morgan fingerprint density at radius 2 is 1.97 bits per heavy atom. The number of nitrogens with zero attached hydrogens (tertiary/aromatic N) is 1. The summed E-state index contributed by atoms with van der Waals surface area (Å²) in [6.45, 7) is 8.11. The van der Waals surface area contributed by atoms with E-state index in [1.807, 2.05) is 42.5 Å². The normalized spacial score (nSPS) is 10.6. The molecule has 2 rings (SSSR count). The molecular formula is C24H24N2O3. The van der Waals surface area contributed by atoms with Gasteiger partial charge in [0.05, 0.1) is 7.11 Å². The van der Waals surface area contributed by atoms with Crippen LogP contribution in [0.4, 0.5) is 0 Å². The Hall–Kier alpha value is -3.78. The van der Waals surface area contributed by atoms with Crippen molar-refractivity contribution in [1.29, 1.82) is 5.26 Å². The molecule has 1 amide bonds. The molecule has 0 heterocycles. The van der Waals surface area contributed by atoms with E-state index in [-0.39, 0.29) is 5.57 Å². The first kappa shape index (κ1) is 21.5. The van der Waals surface area contributed by atoms with Gasteiger partial charge in [0.15, 0.2) is 11.5 Å². The van der Waals surface area contributed by atoms with Crippen LogP contribution >= 0.6 is 0 Å². The Kier molecular flexibility index (Phi) is 8.28. The summed E-state index contributed by atoms with van der Waals surface area (Å²) < 4.78 is 11.2. The molecule has 0 spiro atoms. The van der Waals surface area contributed by atoms with Gasteiger partial charge >= 0.3 is 0 Å². The van der Waals surface area contributed by atoms with Crippen molar-refractivity contribution in [3.8, 4) is 17.6 Å². The summed E-state index contributed by atoms with van der Waals surface area (Å²) in [5.74, 6) is 0.670. The number of allylic oxidation sites excluding steroid dienone is 1. The van der Waals surface area contributed by atoms with Crippen LogP contribution in [0.1, 0.15) is 16.7 Å². The Balaban J connectivity index is 2.30. The van der Waals surface area contributed by atoms with Crippen LogP contribution in [0.3, 0.4) is 0 Å². The lowest BCUT2D eigenvalue weighted by Crippen LogP contribution is -2.23. The van der Waals surface area contributed by atoms with Crippen molar-refractivity contribution in [2.24, 2.45) is 0 Å². The Morgan fingerprint density at radius 3 is 2.59 bits per heavy atom. The second kappa shape index (κ2) is 11.2. The van der Waals surface area contributed by atoms with E-state index in [0.29, 0.717) is 36.6 Å². The first-order valence-corrected chi connectivity index (χ1v) is 9.12. The fourth-order valence-electron chi connectivity index (χ4n) is 2.72. The topological polar surface area (TPSA) is 71.3 Å². The fraction of sp³-hybridized carbons (Fsp3) is 0.167. The second-order valence-electron chi connectivity index (χ2n) is 6.14. The molecule has 0 bridgehead atoms. The molecule has 0 aliphatic rings. The van der Waals surface area contributed by atoms with Gasteiger partial charge in [0.25, 0.3) is 5.91 Å². The number of hydrogen-bond acceptors (Lipinski definition) is 4. The van der Waals surface area contributed by atoms with Crippen LogP contribution in [0.2, 0.25) is 0 Å². The Labute approximate surface area is 171 Å². The molecule has 2 aromatic rings. The highest BCUT2D eigenvalue weighted by Gasteiger charge is 2.14. The molecule has 29 heavy (non-hydrogen) atoms. The van der Waals surface area contributed by atoms with Crippen LogP contribution in [0.25, 0.3) is 6.08 Å². The van der Waals surface area contributed by atoms with Gasteiger partial charge in [-0.3, -0.25) is 4.79 Å². The average molecular weight is 388 g/mol. The third-order valence-corrected chi connectivity index (χ3v) is 4.06. The highest BCUT2D eigenvalue weighted by molar-refractivity contribution is 6.01. The van der Waals surface area contributed by atoms with E-state index in [9.17, 15) is 10.1 Å². The van der Waals surface area contributed by atoms with Gasteiger partial charge < -0.3 is 14.8 Å². The minimum Gasteiger partial charge on any atom is -0.493 e. The van der Waals surface area contributed by atoms with Gasteiger partial charge in [0, 0.05) is 12.1 Å². The summed E-state index contributed by atoms with van der Waals surface area (Å²) in [6, 6.07) is 15.1. The standard InChI is InChI=1S/C24H24N2O3/c1-4-9-20-13-19(15-22(28-3)23(20)29-12-5-2)14-21(16-25)24(27)26-17-18-10-7-6-8-11-18/h4-8,10-11,13-15H,1-2,9,12,17H2,3H3,(H,26,27)/b21-14+. The molecule has 5 nitrogen and oxygen atoms in total. The van der Waals surface area contributed by atoms with Crippen molar-refractivity contribution >= 4 is 12.0 Å². The van der Waals surface area contributed by atoms with E-state index in [1.54, 1.807) is 25.3 Å². The fourth-order valence-corrected chi connectivity index (χ4v) is 2.72. The molecule has 1 N–H and O–H groups in total. The van der Waals surface area contributed by atoms with Crippen LogP contribution in [0.15, 0.2) is 73.3 Å². The molecule has 0 unspecified atom stereocenters. The molecular weight excluding hydrogens is 364 g/mol. The number of carbonyl (C=O) groups excluding carboxylic acids is 1. The molecule has 0 saturated carbocycles. The van der Waals surface area contributed by atoms with Crippen molar-refractivity contribution < 1.29 is 14.3 Å². The van der Waals surface area contributed by atoms with Crippen molar-refractivity contribution in [3.05, 3.63) is 90.0 Å². The number of nitriles is 1. The number of benzene rings is 2. The highest BCUT2D eigenvalue weighted by Crippen LogP contribution is 2.34. The minimum absolute atomic E-state index is 0.00676. The predicted molar refractivity (Wildman–Crippen MR) is 114 cm³/mol. The first-order chi connectivity index (χ1) is 14.1. The second-order valence-corrected chi connectivity index (χ2v) is 6.14. The van der Waals surface area contributed by atoms with Crippen molar-refractivity contribution in [1.82, 2.24) is 5.32 Å². The van der Waals surface area contributed by atoms with Gasteiger partial charge in [0.2, 0.25) is 0 Å². The molecule has 0 saturated heterocycles. The van der Waals surface area contributed by atoms with Crippen molar-refractivity contribution in [2.75, 3.05) is 13.7 Å². The minimum atomic E-state index is -0.437. The smallest absolute Gasteiger partial charge is 0.262 e. The molecule has 0 atom stereocenters. The van der Waals surface area contributed by atoms with Gasteiger partial charge in [0.1, 0.15) is 18.2 Å². The lowest BCUT2D eigenvalue weighted by atomic mass is 10.0. The van der Waals surface area contributed by atoms with Crippen LogP contribution in [-0.2, 0) is 17.8 Å². The van der Waals surface area contributed by atoms with E-state index < -0.39 is 5.91 Å². The third-order valence-electron chi connectivity index (χ3n) is 4.06. The van der Waals surface area contributed by atoms with Crippen LogP contribution in [-0.4, -0.2) is 19.6 Å². The van der Waals surface area contributed by atoms with E-state index >= 15 is 0 Å². The Morgan fingerprint density at radius 1 is 1.21 bits per heavy atom. The van der Waals surface area contributed by atoms with E-state index in [2.05, 4.69) is 18.5 Å². The summed E-state index contributed by atoms with van der Waals surface area (Å²) in [5, 5.41) is 12.2. The quantitative estimate of drug-likeness (QED) is 0.376. The highest BCUT2D eigenvalue weighted by atomic mass is 16.5. The zero-order valence-corrected chi connectivity index (χ0v) is 16.5. The molecule has 0 fully saturated rings. The van der Waals surface area contributed by atoms with Gasteiger partial charge in [-0.1, -0.05) is 49.1 Å². The number of carbonyl (C=O) groups is 1. The largest absolute Gasteiger partial charge is 0.493 e. The summed E-state index contributed by atoms with van der Waals surface area (Å²) in [5.41, 5.74) is 2.47. The lowest BCUT2D eigenvalue weighted by Gasteiger charge is -2.15. The first-order valence-electron chi connectivity index (χ1n) is 9.12. The average Bonchev–Trinajstić information content (AvgIpc) is 2.75. The van der Waals surface area contributed by atoms with E-state index in [0.717, 1.165) is 11.1 Å². The van der Waals surface area contributed by atoms with Crippen molar-refractivity contribution in [3.63, 3.8) is 0 Å².